The van der Waals surface area contributed by atoms with Crippen molar-refractivity contribution in [1.82, 2.24) is 0 Å². The first-order chi connectivity index (χ1) is 8.84. The molecule has 114 valence electrons. The van der Waals surface area contributed by atoms with Crippen LogP contribution in [-0.4, -0.2) is 18.9 Å². The van der Waals surface area contributed by atoms with E-state index in [0.29, 0.717) is 0 Å². The molecule has 0 spiro atoms. The summed E-state index contributed by atoms with van der Waals surface area (Å²) in [7, 11) is -3.50. The van der Waals surface area contributed by atoms with E-state index in [9.17, 15) is 21.6 Å². The van der Waals surface area contributed by atoms with Crippen molar-refractivity contribution in [2.75, 3.05) is 5.75 Å². The van der Waals surface area contributed by atoms with E-state index < -0.39 is 38.1 Å². The van der Waals surface area contributed by atoms with Gasteiger partial charge in [-0.25, -0.2) is 8.42 Å². The van der Waals surface area contributed by atoms with Gasteiger partial charge in [-0.1, -0.05) is 12.1 Å². The van der Waals surface area contributed by atoms with Crippen molar-refractivity contribution in [3.8, 4) is 0 Å². The van der Waals surface area contributed by atoms with Gasteiger partial charge in [0.25, 0.3) is 0 Å². The van der Waals surface area contributed by atoms with E-state index in [-0.39, 0.29) is 5.56 Å². The first kappa shape index (κ1) is 17.0. The molecule has 2 N–H and O–H groups in total. The van der Waals surface area contributed by atoms with E-state index in [0.717, 1.165) is 12.1 Å². The zero-order valence-electron chi connectivity index (χ0n) is 11.5. The van der Waals surface area contributed by atoms with Gasteiger partial charge in [0, 0.05) is 6.04 Å². The summed E-state index contributed by atoms with van der Waals surface area (Å²) in [6, 6.07) is 3.46. The summed E-state index contributed by atoms with van der Waals surface area (Å²) in [4.78, 5) is 0. The molecule has 0 amide bonds. The fraction of sp³-hybridized carbons (Fsp3) is 0.538. The molecule has 0 heterocycles. The summed E-state index contributed by atoms with van der Waals surface area (Å²) in [6.07, 6.45) is -4.47. The van der Waals surface area contributed by atoms with E-state index >= 15 is 0 Å². The Bertz CT molecular complexity index is 574. The minimum absolute atomic E-state index is 0.160. The third-order valence-electron chi connectivity index (χ3n) is 2.97. The lowest BCUT2D eigenvalue weighted by Crippen LogP contribution is -2.34. The van der Waals surface area contributed by atoms with Crippen LogP contribution in [0.15, 0.2) is 24.3 Å². The topological polar surface area (TPSA) is 60.2 Å². The van der Waals surface area contributed by atoms with Gasteiger partial charge in [-0.3, -0.25) is 0 Å². The predicted octanol–water partition coefficient (Wildman–Crippen LogP) is 2.92. The monoisotopic (exact) mass is 309 g/mol. The molecule has 0 radical (unpaired) electrons. The average Bonchev–Trinajstić information content (AvgIpc) is 2.26. The summed E-state index contributed by atoms with van der Waals surface area (Å²) in [5, 5.41) is 0. The summed E-state index contributed by atoms with van der Waals surface area (Å²) in [5.74, 6) is -0.391. The van der Waals surface area contributed by atoms with Gasteiger partial charge in [0.1, 0.15) is 0 Å². The molecule has 3 nitrogen and oxygen atoms in total. The highest BCUT2D eigenvalue weighted by Crippen LogP contribution is 2.31. The van der Waals surface area contributed by atoms with Crippen molar-refractivity contribution in [3.63, 3.8) is 0 Å². The van der Waals surface area contributed by atoms with Crippen molar-refractivity contribution in [2.45, 2.75) is 37.7 Å². The van der Waals surface area contributed by atoms with Crippen molar-refractivity contribution in [1.29, 1.82) is 0 Å². The van der Waals surface area contributed by atoms with Crippen molar-refractivity contribution in [3.05, 3.63) is 35.4 Å². The number of rotatable bonds is 3. The van der Waals surface area contributed by atoms with Crippen molar-refractivity contribution in [2.24, 2.45) is 5.73 Å². The van der Waals surface area contributed by atoms with Gasteiger partial charge < -0.3 is 5.73 Å². The van der Waals surface area contributed by atoms with Crippen LogP contribution >= 0.6 is 0 Å². The lowest BCUT2D eigenvalue weighted by Gasteiger charge is -2.22. The summed E-state index contributed by atoms with van der Waals surface area (Å²) in [6.45, 7) is 4.59. The van der Waals surface area contributed by atoms with E-state index in [2.05, 4.69) is 0 Å². The molecule has 0 aliphatic rings. The lowest BCUT2D eigenvalue weighted by molar-refractivity contribution is -0.137. The molecule has 0 aliphatic carbocycles. The molecular formula is C13H18F3NO2S. The molecule has 0 saturated heterocycles. The van der Waals surface area contributed by atoms with Crippen molar-refractivity contribution >= 4 is 9.84 Å². The Kier molecular flexibility index (Phi) is 4.55. The minimum Gasteiger partial charge on any atom is -0.323 e. The van der Waals surface area contributed by atoms with Crippen molar-refractivity contribution < 1.29 is 21.6 Å². The number of alkyl halides is 3. The van der Waals surface area contributed by atoms with E-state index in [4.69, 9.17) is 5.73 Å². The first-order valence-electron chi connectivity index (χ1n) is 5.99. The number of nitrogens with two attached hydrogens (primary N) is 1. The fourth-order valence-corrected chi connectivity index (χ4v) is 2.69. The maximum atomic E-state index is 12.6. The molecular weight excluding hydrogens is 291 g/mol. The molecule has 0 saturated carbocycles. The highest BCUT2D eigenvalue weighted by molar-refractivity contribution is 7.92. The number of halogens is 3. The Morgan fingerprint density at radius 3 is 2.20 bits per heavy atom. The van der Waals surface area contributed by atoms with E-state index in [1.807, 2.05) is 0 Å². The second kappa shape index (κ2) is 5.37. The van der Waals surface area contributed by atoms with Crippen LogP contribution in [0.2, 0.25) is 0 Å². The smallest absolute Gasteiger partial charge is 0.323 e. The number of hydrogen-bond donors (Lipinski definition) is 1. The molecule has 7 heteroatoms. The highest BCUT2D eigenvalue weighted by Gasteiger charge is 2.33. The molecule has 0 aromatic heterocycles. The van der Waals surface area contributed by atoms with Crippen LogP contribution in [-0.2, 0) is 16.0 Å². The SMILES string of the molecule is CC(C)(C)S(=O)(=O)CC(N)c1cccc(C(F)(F)F)c1. The van der Waals surface area contributed by atoms with Gasteiger partial charge in [-0.15, -0.1) is 0 Å². The molecule has 1 aromatic rings. The molecule has 0 aliphatic heterocycles. The number of benzene rings is 1. The summed E-state index contributed by atoms with van der Waals surface area (Å²) in [5.41, 5.74) is 5.07. The van der Waals surface area contributed by atoms with Crippen LogP contribution in [0.4, 0.5) is 13.2 Å². The second-order valence-electron chi connectivity index (χ2n) is 5.62. The zero-order chi connectivity index (χ0) is 15.8. The Morgan fingerprint density at radius 1 is 1.20 bits per heavy atom. The Balaban J connectivity index is 3.03. The van der Waals surface area contributed by atoms with Gasteiger partial charge in [-0.05, 0) is 38.5 Å². The summed E-state index contributed by atoms with van der Waals surface area (Å²) >= 11 is 0. The quantitative estimate of drug-likeness (QED) is 0.934. The van der Waals surface area contributed by atoms with Crippen LogP contribution in [0, 0.1) is 0 Å². The first-order valence-corrected chi connectivity index (χ1v) is 7.65. The molecule has 1 aromatic carbocycles. The van der Waals surface area contributed by atoms with Gasteiger partial charge >= 0.3 is 6.18 Å². The van der Waals surface area contributed by atoms with E-state index in [1.165, 1.54) is 32.9 Å². The molecule has 1 atom stereocenters. The summed E-state index contributed by atoms with van der Waals surface area (Å²) < 4.78 is 60.8. The Labute approximate surface area is 116 Å². The Hall–Kier alpha value is -1.08. The normalized spacial score (nSPS) is 15.2. The zero-order valence-corrected chi connectivity index (χ0v) is 12.3. The van der Waals surface area contributed by atoms with Crippen LogP contribution in [0.3, 0.4) is 0 Å². The predicted molar refractivity (Wildman–Crippen MR) is 71.9 cm³/mol. The molecule has 0 fully saturated rings. The highest BCUT2D eigenvalue weighted by atomic mass is 32.2. The van der Waals surface area contributed by atoms with Crippen LogP contribution in [0.5, 0.6) is 0 Å². The number of sulfone groups is 1. The van der Waals surface area contributed by atoms with Gasteiger partial charge in [0.05, 0.1) is 16.1 Å². The second-order valence-corrected chi connectivity index (χ2v) is 8.41. The minimum atomic E-state index is -4.47. The largest absolute Gasteiger partial charge is 0.416 e. The average molecular weight is 309 g/mol. The van der Waals surface area contributed by atoms with Gasteiger partial charge in [0.2, 0.25) is 0 Å². The lowest BCUT2D eigenvalue weighted by atomic mass is 10.1. The molecule has 20 heavy (non-hydrogen) atoms. The van der Waals surface area contributed by atoms with Crippen LogP contribution < -0.4 is 5.73 Å². The maximum absolute atomic E-state index is 12.6. The number of hydrogen-bond acceptors (Lipinski definition) is 3. The van der Waals surface area contributed by atoms with Gasteiger partial charge in [-0.2, -0.15) is 13.2 Å². The Morgan fingerprint density at radius 2 is 1.75 bits per heavy atom. The maximum Gasteiger partial charge on any atom is 0.416 e. The third kappa shape index (κ3) is 3.96. The third-order valence-corrected chi connectivity index (χ3v) is 5.64. The fourth-order valence-electron chi connectivity index (χ4n) is 1.53. The van der Waals surface area contributed by atoms with Crippen LogP contribution in [0.25, 0.3) is 0 Å². The van der Waals surface area contributed by atoms with Crippen LogP contribution in [0.1, 0.15) is 37.9 Å². The molecule has 1 rings (SSSR count). The standard InChI is InChI=1S/C13H18F3NO2S/c1-12(2,3)20(18,19)8-11(17)9-5-4-6-10(7-9)13(14,15)16/h4-7,11H,8,17H2,1-3H3. The molecule has 1 unspecified atom stereocenters. The molecule has 0 bridgehead atoms. The van der Waals surface area contributed by atoms with E-state index in [1.54, 1.807) is 0 Å². The van der Waals surface area contributed by atoms with Gasteiger partial charge in [0.15, 0.2) is 9.84 Å².